The number of aromatic nitrogens is 4. The fourth-order valence-corrected chi connectivity index (χ4v) is 9.63. The van der Waals surface area contributed by atoms with Gasteiger partial charge >= 0.3 is 25.8 Å². The Morgan fingerprint density at radius 1 is 0.909 bits per heavy atom. The third-order valence-corrected chi connectivity index (χ3v) is 13.2. The number of unbranched alkanes of at least 4 members (excludes halogenated alkanes) is 16. The summed E-state index contributed by atoms with van der Waals surface area (Å²) in [6, 6.07) is 16.2. The van der Waals surface area contributed by atoms with Gasteiger partial charge in [-0.15, -0.1) is 6.42 Å². The van der Waals surface area contributed by atoms with Gasteiger partial charge in [0.25, 0.3) is 0 Å². The van der Waals surface area contributed by atoms with Gasteiger partial charge < -0.3 is 24.5 Å². The van der Waals surface area contributed by atoms with E-state index in [1.54, 1.807) is 44.2 Å². The van der Waals surface area contributed by atoms with E-state index in [0.717, 1.165) is 24.8 Å². The summed E-state index contributed by atoms with van der Waals surface area (Å²) in [6.45, 7) is 5.04. The highest BCUT2D eigenvalue weighted by Gasteiger charge is 2.53. The third-order valence-electron chi connectivity index (χ3n) is 11.7. The van der Waals surface area contributed by atoms with Gasteiger partial charge in [0.15, 0.2) is 22.6 Å². The molecule has 1 aliphatic heterocycles. The molecule has 16 heteroatoms. The first-order chi connectivity index (χ1) is 31.9. The molecule has 0 amide bonds. The lowest BCUT2D eigenvalue weighted by molar-refractivity contribution is -0.158. The predicted octanol–water partition coefficient (Wildman–Crippen LogP) is 11.1. The molecule has 3 heterocycles. The number of anilines is 1. The number of para-hydroxylation sites is 1. The monoisotopic (exact) mass is 932 g/mol. The maximum absolute atomic E-state index is 15.0. The summed E-state index contributed by atoms with van der Waals surface area (Å²) < 4.78 is 61.2. The van der Waals surface area contributed by atoms with Gasteiger partial charge in [-0.2, -0.15) is 19.4 Å². The number of esters is 2. The van der Waals surface area contributed by atoms with E-state index in [-0.39, 0.29) is 42.0 Å². The Morgan fingerprint density at radius 3 is 2.06 bits per heavy atom. The number of benzene rings is 2. The molecule has 0 aliphatic carbocycles. The summed E-state index contributed by atoms with van der Waals surface area (Å²) in [6.07, 6.45) is 24.8. The molecule has 3 N–H and O–H groups in total. The maximum atomic E-state index is 15.0. The molecule has 5 rings (SSSR count). The number of halogens is 1. The number of ether oxygens (including phenoxy) is 3. The fraction of sp³-hybridized carbons (Fsp3) is 0.580. The minimum absolute atomic E-state index is 0.0273. The molecule has 5 atom stereocenters. The summed E-state index contributed by atoms with van der Waals surface area (Å²) >= 11 is 0. The molecule has 0 spiro atoms. The molecule has 2 aromatic heterocycles. The molecule has 2 aromatic carbocycles. The molecule has 1 fully saturated rings. The Morgan fingerprint density at radius 2 is 1.48 bits per heavy atom. The van der Waals surface area contributed by atoms with Crippen LogP contribution in [-0.2, 0) is 39.3 Å². The average Bonchev–Trinajstić information content (AvgIpc) is 3.88. The summed E-state index contributed by atoms with van der Waals surface area (Å²) in [5, 5.41) is 2.82. The van der Waals surface area contributed by atoms with Crippen molar-refractivity contribution in [3.8, 4) is 18.1 Å². The van der Waals surface area contributed by atoms with Gasteiger partial charge in [-0.1, -0.05) is 164 Å². The molecule has 360 valence electrons. The molecular weight excluding hydrogens is 863 g/mol. The van der Waals surface area contributed by atoms with Crippen molar-refractivity contribution in [3.63, 3.8) is 0 Å². The van der Waals surface area contributed by atoms with Gasteiger partial charge in [0.1, 0.15) is 30.7 Å². The van der Waals surface area contributed by atoms with E-state index < -0.39 is 62.4 Å². The number of nitrogens with zero attached hydrogens (tertiary/aromatic N) is 4. The van der Waals surface area contributed by atoms with Crippen LogP contribution in [0.3, 0.4) is 0 Å². The highest BCUT2D eigenvalue weighted by Crippen LogP contribution is 2.49. The van der Waals surface area contributed by atoms with E-state index in [1.165, 1.54) is 94.4 Å². The first kappa shape index (κ1) is 52.1. The van der Waals surface area contributed by atoms with Gasteiger partial charge in [0, 0.05) is 12.8 Å². The van der Waals surface area contributed by atoms with Gasteiger partial charge in [0.05, 0.1) is 12.4 Å². The lowest BCUT2D eigenvalue weighted by atomic mass is 9.98. The SMILES string of the molecule is C#CC1(COP(=O)(N[C@@H](Cc2ccccc2)C(=O)OC(C)C)Oc2ccccc2)OC(n2cnc3c(N)nc(F)nc32)CC1OC(=O)CCCCCCCCCCCCCCCCCCC. The van der Waals surface area contributed by atoms with Crippen LogP contribution in [0.5, 0.6) is 5.75 Å². The third kappa shape index (κ3) is 16.5. The highest BCUT2D eigenvalue weighted by atomic mass is 31.2. The van der Waals surface area contributed by atoms with Crippen LogP contribution in [0.1, 0.15) is 155 Å². The number of carbonyl (C=O) groups excluding carboxylic acids is 2. The molecule has 0 saturated carbocycles. The summed E-state index contributed by atoms with van der Waals surface area (Å²) in [5.41, 5.74) is 5.00. The second-order valence-electron chi connectivity index (χ2n) is 17.5. The fourth-order valence-electron chi connectivity index (χ4n) is 8.11. The number of carbonyl (C=O) groups is 2. The minimum atomic E-state index is -4.55. The van der Waals surface area contributed by atoms with Crippen LogP contribution in [0, 0.1) is 18.4 Å². The van der Waals surface area contributed by atoms with Crippen LogP contribution in [-0.4, -0.2) is 61.9 Å². The van der Waals surface area contributed by atoms with Gasteiger partial charge in [-0.3, -0.25) is 18.7 Å². The van der Waals surface area contributed by atoms with Crippen molar-refractivity contribution >= 4 is 36.7 Å². The summed E-state index contributed by atoms with van der Waals surface area (Å²) in [7, 11) is -4.55. The molecule has 4 aromatic rings. The van der Waals surface area contributed by atoms with E-state index in [2.05, 4.69) is 32.9 Å². The summed E-state index contributed by atoms with van der Waals surface area (Å²) in [4.78, 5) is 38.8. The first-order valence-electron chi connectivity index (χ1n) is 24.0. The molecule has 66 heavy (non-hydrogen) atoms. The van der Waals surface area contributed by atoms with Crippen LogP contribution in [0.25, 0.3) is 11.2 Å². The number of rotatable bonds is 31. The zero-order valence-electron chi connectivity index (χ0n) is 39.0. The van der Waals surface area contributed by atoms with Crippen molar-refractivity contribution in [2.75, 3.05) is 12.3 Å². The van der Waals surface area contributed by atoms with E-state index in [9.17, 15) is 18.5 Å². The molecule has 1 saturated heterocycles. The van der Waals surface area contributed by atoms with Crippen LogP contribution < -0.4 is 15.3 Å². The Balaban J connectivity index is 1.24. The first-order valence-corrected chi connectivity index (χ1v) is 25.5. The average molecular weight is 933 g/mol. The molecule has 1 aliphatic rings. The van der Waals surface area contributed by atoms with Gasteiger partial charge in [0.2, 0.25) is 0 Å². The van der Waals surface area contributed by atoms with Crippen molar-refractivity contribution in [1.82, 2.24) is 24.6 Å². The number of nitrogen functional groups attached to an aromatic ring is 1. The smallest absolute Gasteiger partial charge is 0.459 e. The van der Waals surface area contributed by atoms with E-state index in [1.807, 2.05) is 30.3 Å². The van der Waals surface area contributed by atoms with Gasteiger partial charge in [-0.25, -0.2) is 9.55 Å². The maximum Gasteiger partial charge on any atom is 0.459 e. The number of terminal acetylenes is 1. The molecular formula is C50H70FN6O8P. The molecule has 0 bridgehead atoms. The van der Waals surface area contributed by atoms with E-state index >= 15 is 0 Å². The molecule has 0 radical (unpaired) electrons. The van der Waals surface area contributed by atoms with Crippen molar-refractivity contribution in [1.29, 1.82) is 0 Å². The zero-order valence-corrected chi connectivity index (χ0v) is 39.9. The van der Waals surface area contributed by atoms with Gasteiger partial charge in [-0.05, 0) is 44.4 Å². The second-order valence-corrected chi connectivity index (χ2v) is 19.2. The number of nitrogens with two attached hydrogens (primary N) is 1. The summed E-state index contributed by atoms with van der Waals surface area (Å²) in [5.74, 6) is 1.42. The van der Waals surface area contributed by atoms with Crippen LogP contribution in [0.2, 0.25) is 0 Å². The van der Waals surface area contributed by atoms with Crippen LogP contribution >= 0.6 is 7.75 Å². The number of imidazole rings is 1. The number of hydrogen-bond acceptors (Lipinski definition) is 12. The van der Waals surface area contributed by atoms with Crippen LogP contribution in [0.4, 0.5) is 10.2 Å². The topological polar surface area (TPSA) is 179 Å². The predicted molar refractivity (Wildman–Crippen MR) is 254 cm³/mol. The Kier molecular flexibility index (Phi) is 21.4. The van der Waals surface area contributed by atoms with Crippen LogP contribution in [0.15, 0.2) is 67.0 Å². The standard InChI is InChI=1S/C50H70FN6O8P/c1-5-7-8-9-10-11-12-13-14-15-16-17-18-19-20-21-28-33-44(58)63-42-35-43(57-37-53-45-46(52)54-49(51)55-47(45)57)64-50(42,6-2)36-61-66(60,65-40-31-26-23-27-32-40)56-41(48(59)62-38(3)4)34-39-29-24-22-25-30-39/h2,22-27,29-32,37-38,41-43H,5,7-21,28,33-36H2,1,3-4H3,(H,56,60)(H2,52,54,55)/t41-,42?,43?,50?,66?/m0/s1. The second kappa shape index (κ2) is 27.1. The van der Waals surface area contributed by atoms with E-state index in [0.29, 0.717) is 6.42 Å². The molecule has 14 nitrogen and oxygen atoms in total. The normalized spacial score (nSPS) is 18.5. The molecule has 4 unspecified atom stereocenters. The highest BCUT2D eigenvalue weighted by molar-refractivity contribution is 7.52. The number of hydrogen-bond donors (Lipinski definition) is 2. The number of nitrogens with one attached hydrogen (secondary N) is 1. The Labute approximate surface area is 390 Å². The van der Waals surface area contributed by atoms with Crippen molar-refractivity contribution < 1.29 is 41.8 Å². The van der Waals surface area contributed by atoms with Crippen molar-refractivity contribution in [3.05, 3.63) is 78.6 Å². The Bertz CT molecular complexity index is 2170. The van der Waals surface area contributed by atoms with Crippen molar-refractivity contribution in [2.45, 2.75) is 179 Å². The Hall–Kier alpha value is -4.87. The quantitative estimate of drug-likeness (QED) is 0.0160. The number of fused-ring (bicyclic) bond motifs is 1. The lowest BCUT2D eigenvalue weighted by Gasteiger charge is -2.31. The minimum Gasteiger partial charge on any atom is -0.462 e. The van der Waals surface area contributed by atoms with E-state index in [4.69, 9.17) is 35.4 Å². The lowest BCUT2D eigenvalue weighted by Crippen LogP contribution is -2.46. The largest absolute Gasteiger partial charge is 0.462 e. The zero-order chi connectivity index (χ0) is 47.2. The van der Waals surface area contributed by atoms with Crippen molar-refractivity contribution in [2.24, 2.45) is 0 Å².